The number of hydrogen-bond acceptors (Lipinski definition) is 3. The van der Waals surface area contributed by atoms with Crippen molar-refractivity contribution in [1.82, 2.24) is 5.32 Å². The van der Waals surface area contributed by atoms with Crippen LogP contribution in [0.15, 0.2) is 30.3 Å². The van der Waals surface area contributed by atoms with Crippen molar-refractivity contribution < 1.29 is 9.53 Å². The minimum absolute atomic E-state index is 0.123. The largest absolute Gasteiger partial charge is 0.392 e. The maximum Gasteiger partial charge on any atom is 0.234 e. The van der Waals surface area contributed by atoms with E-state index in [2.05, 4.69) is 5.32 Å². The van der Waals surface area contributed by atoms with Crippen molar-refractivity contribution in [3.63, 3.8) is 0 Å². The van der Waals surface area contributed by atoms with E-state index in [1.807, 2.05) is 30.3 Å². The SMILES string of the molecule is NC(=S)C(C(=O)NCCC1CCOC1)c1ccccc1. The molecule has 1 aromatic carbocycles. The third-order valence-electron chi connectivity index (χ3n) is 3.56. The highest BCUT2D eigenvalue weighted by Crippen LogP contribution is 2.18. The molecule has 0 bridgehead atoms. The van der Waals surface area contributed by atoms with Crippen molar-refractivity contribution in [2.24, 2.45) is 11.7 Å². The van der Waals surface area contributed by atoms with Gasteiger partial charge in [-0.1, -0.05) is 42.5 Å². The average molecular weight is 292 g/mol. The van der Waals surface area contributed by atoms with Crippen LogP contribution in [0.25, 0.3) is 0 Å². The monoisotopic (exact) mass is 292 g/mol. The molecule has 1 saturated heterocycles. The number of carbonyl (C=O) groups excluding carboxylic acids is 1. The highest BCUT2D eigenvalue weighted by molar-refractivity contribution is 7.80. The number of rotatable bonds is 6. The highest BCUT2D eigenvalue weighted by Gasteiger charge is 2.23. The molecule has 1 aromatic rings. The van der Waals surface area contributed by atoms with Crippen LogP contribution in [0.3, 0.4) is 0 Å². The van der Waals surface area contributed by atoms with Gasteiger partial charge in [-0.15, -0.1) is 0 Å². The summed E-state index contributed by atoms with van der Waals surface area (Å²) in [5.74, 6) is -0.121. The van der Waals surface area contributed by atoms with Crippen molar-refractivity contribution in [1.29, 1.82) is 0 Å². The maximum absolute atomic E-state index is 12.2. The standard InChI is InChI=1S/C15H20N2O2S/c16-14(20)13(12-4-2-1-3-5-12)15(18)17-8-6-11-7-9-19-10-11/h1-5,11,13H,6-10H2,(H2,16,20)(H,17,18). The van der Waals surface area contributed by atoms with Gasteiger partial charge < -0.3 is 15.8 Å². The summed E-state index contributed by atoms with van der Waals surface area (Å²) in [5, 5.41) is 2.93. The average Bonchev–Trinajstić information content (AvgIpc) is 2.93. The van der Waals surface area contributed by atoms with Gasteiger partial charge in [0.05, 0.1) is 4.99 Å². The first-order valence-corrected chi connectivity index (χ1v) is 7.29. The summed E-state index contributed by atoms with van der Waals surface area (Å²) in [5.41, 5.74) is 6.55. The third kappa shape index (κ3) is 4.02. The number of nitrogens with two attached hydrogens (primary N) is 1. The summed E-state index contributed by atoms with van der Waals surface area (Å²) in [7, 11) is 0. The molecule has 4 nitrogen and oxygen atoms in total. The van der Waals surface area contributed by atoms with E-state index in [0.29, 0.717) is 12.5 Å². The molecule has 2 atom stereocenters. The Balaban J connectivity index is 1.89. The molecule has 108 valence electrons. The molecule has 2 unspecified atom stereocenters. The van der Waals surface area contributed by atoms with Crippen molar-refractivity contribution >= 4 is 23.1 Å². The normalized spacial score (nSPS) is 19.5. The fourth-order valence-corrected chi connectivity index (χ4v) is 2.65. The fraction of sp³-hybridized carbons (Fsp3) is 0.467. The van der Waals surface area contributed by atoms with Crippen LogP contribution >= 0.6 is 12.2 Å². The van der Waals surface area contributed by atoms with Gasteiger partial charge in [0, 0.05) is 19.8 Å². The fourth-order valence-electron chi connectivity index (χ4n) is 2.40. The van der Waals surface area contributed by atoms with E-state index < -0.39 is 5.92 Å². The van der Waals surface area contributed by atoms with E-state index >= 15 is 0 Å². The molecule has 0 aliphatic carbocycles. The van der Waals surface area contributed by atoms with E-state index in [1.54, 1.807) is 0 Å². The Morgan fingerprint density at radius 3 is 2.80 bits per heavy atom. The molecule has 0 saturated carbocycles. The molecule has 1 heterocycles. The second kappa shape index (κ2) is 7.36. The van der Waals surface area contributed by atoms with Gasteiger partial charge in [-0.3, -0.25) is 4.79 Å². The lowest BCUT2D eigenvalue weighted by atomic mass is 9.98. The van der Waals surface area contributed by atoms with Crippen LogP contribution in [0.5, 0.6) is 0 Å². The Kier molecular flexibility index (Phi) is 5.49. The number of hydrogen-bond donors (Lipinski definition) is 2. The summed E-state index contributed by atoms with van der Waals surface area (Å²) < 4.78 is 5.32. The molecule has 3 N–H and O–H groups in total. The van der Waals surface area contributed by atoms with Crippen LogP contribution in [0.1, 0.15) is 24.3 Å². The van der Waals surface area contributed by atoms with Crippen LogP contribution in [-0.2, 0) is 9.53 Å². The van der Waals surface area contributed by atoms with Gasteiger partial charge in [0.15, 0.2) is 0 Å². The van der Waals surface area contributed by atoms with Crippen LogP contribution < -0.4 is 11.1 Å². The Morgan fingerprint density at radius 2 is 2.20 bits per heavy atom. The van der Waals surface area contributed by atoms with E-state index in [4.69, 9.17) is 22.7 Å². The Labute approximate surface area is 124 Å². The van der Waals surface area contributed by atoms with Gasteiger partial charge in [-0.2, -0.15) is 0 Å². The lowest BCUT2D eigenvalue weighted by Gasteiger charge is -2.16. The molecule has 1 aliphatic rings. The predicted octanol–water partition coefficient (Wildman–Crippen LogP) is 1.60. The molecule has 5 heteroatoms. The van der Waals surface area contributed by atoms with Gasteiger partial charge in [0.25, 0.3) is 0 Å². The maximum atomic E-state index is 12.2. The zero-order valence-corrected chi connectivity index (χ0v) is 12.2. The van der Waals surface area contributed by atoms with E-state index in [9.17, 15) is 4.79 Å². The van der Waals surface area contributed by atoms with E-state index in [-0.39, 0.29) is 10.9 Å². The molecular weight excluding hydrogens is 272 g/mol. The summed E-state index contributed by atoms with van der Waals surface area (Å²) in [4.78, 5) is 12.5. The molecule has 0 aromatic heterocycles. The molecule has 0 radical (unpaired) electrons. The molecule has 0 spiro atoms. The Morgan fingerprint density at radius 1 is 1.45 bits per heavy atom. The first-order valence-electron chi connectivity index (χ1n) is 6.88. The van der Waals surface area contributed by atoms with E-state index in [0.717, 1.165) is 31.6 Å². The number of amides is 1. The first kappa shape index (κ1) is 14.9. The van der Waals surface area contributed by atoms with Crippen LogP contribution in [0, 0.1) is 5.92 Å². The first-order chi connectivity index (χ1) is 9.68. The lowest BCUT2D eigenvalue weighted by Crippen LogP contribution is -2.37. The predicted molar refractivity (Wildman–Crippen MR) is 82.5 cm³/mol. The van der Waals surface area contributed by atoms with Gasteiger partial charge >= 0.3 is 0 Å². The smallest absolute Gasteiger partial charge is 0.234 e. The summed E-state index contributed by atoms with van der Waals surface area (Å²) in [6, 6.07) is 9.40. The van der Waals surface area contributed by atoms with Crippen LogP contribution in [0.2, 0.25) is 0 Å². The van der Waals surface area contributed by atoms with Gasteiger partial charge in [0.1, 0.15) is 5.92 Å². The minimum atomic E-state index is -0.550. The number of nitrogens with one attached hydrogen (secondary N) is 1. The van der Waals surface area contributed by atoms with E-state index in [1.165, 1.54) is 0 Å². The van der Waals surface area contributed by atoms with Gasteiger partial charge in [-0.05, 0) is 24.3 Å². The number of benzene rings is 1. The lowest BCUT2D eigenvalue weighted by molar-refractivity contribution is -0.121. The topological polar surface area (TPSA) is 64.4 Å². The molecule has 20 heavy (non-hydrogen) atoms. The number of ether oxygens (including phenoxy) is 1. The molecule has 1 amide bonds. The molecule has 1 aliphatic heterocycles. The van der Waals surface area contributed by atoms with Crippen molar-refractivity contribution in [2.75, 3.05) is 19.8 Å². The molecule has 1 fully saturated rings. The Hall–Kier alpha value is -1.46. The minimum Gasteiger partial charge on any atom is -0.392 e. The zero-order chi connectivity index (χ0) is 14.4. The summed E-state index contributed by atoms with van der Waals surface area (Å²) in [6.45, 7) is 2.27. The van der Waals surface area contributed by atoms with Gasteiger partial charge in [-0.25, -0.2) is 0 Å². The number of thiocarbonyl (C=S) groups is 1. The van der Waals surface area contributed by atoms with Crippen molar-refractivity contribution in [3.8, 4) is 0 Å². The van der Waals surface area contributed by atoms with Crippen molar-refractivity contribution in [3.05, 3.63) is 35.9 Å². The third-order valence-corrected chi connectivity index (χ3v) is 3.79. The summed E-state index contributed by atoms with van der Waals surface area (Å²) in [6.07, 6.45) is 2.01. The quantitative estimate of drug-likeness (QED) is 0.782. The second-order valence-electron chi connectivity index (χ2n) is 5.06. The number of carbonyl (C=O) groups is 1. The van der Waals surface area contributed by atoms with Crippen LogP contribution in [-0.4, -0.2) is 30.7 Å². The van der Waals surface area contributed by atoms with Gasteiger partial charge in [0.2, 0.25) is 5.91 Å². The Bertz CT molecular complexity index is 458. The van der Waals surface area contributed by atoms with Crippen molar-refractivity contribution in [2.45, 2.75) is 18.8 Å². The second-order valence-corrected chi connectivity index (χ2v) is 5.53. The zero-order valence-electron chi connectivity index (χ0n) is 11.4. The van der Waals surface area contributed by atoms with Crippen LogP contribution in [0.4, 0.5) is 0 Å². The molecule has 2 rings (SSSR count). The summed E-state index contributed by atoms with van der Waals surface area (Å²) >= 11 is 5.03. The highest BCUT2D eigenvalue weighted by atomic mass is 32.1. The molecular formula is C15H20N2O2S.